The smallest absolute Gasteiger partial charge is 0.139 e. The molecule has 0 radical (unpaired) electrons. The first-order chi connectivity index (χ1) is 6.38. The summed E-state index contributed by atoms with van der Waals surface area (Å²) < 4.78 is 0. The van der Waals surface area contributed by atoms with Crippen LogP contribution in [0.5, 0.6) is 0 Å². The van der Waals surface area contributed by atoms with Crippen LogP contribution in [0.1, 0.15) is 33.6 Å². The second kappa shape index (κ2) is 5.40. The molecule has 0 saturated carbocycles. The fourth-order valence-electron chi connectivity index (χ4n) is 0.817. The average Bonchev–Trinajstić information content (AvgIpc) is 2.09. The molecule has 0 fully saturated rings. The Labute approximate surface area is 83.1 Å². The third-order valence-electron chi connectivity index (χ3n) is 1.78. The van der Waals surface area contributed by atoms with Crippen molar-refractivity contribution in [2.45, 2.75) is 33.6 Å². The molecular formula is C9H15N3O2. The molecule has 0 unspecified atom stereocenters. The minimum atomic E-state index is -0.404. The predicted octanol–water partition coefficient (Wildman–Crippen LogP) is 2.26. The molecule has 0 saturated heterocycles. The van der Waals surface area contributed by atoms with Crippen LogP contribution in [0.3, 0.4) is 0 Å². The lowest BCUT2D eigenvalue weighted by Crippen LogP contribution is -2.21. The van der Waals surface area contributed by atoms with Gasteiger partial charge in [-0.05, 0) is 5.53 Å². The topological polar surface area (TPSA) is 82.9 Å². The number of Topliss-reactive ketones (excluding diaryl/α,β-unsaturated/α-hetero) is 2. The summed E-state index contributed by atoms with van der Waals surface area (Å²) in [5, 5.41) is 3.13. The van der Waals surface area contributed by atoms with E-state index in [1.54, 1.807) is 0 Å². The number of ketones is 2. The lowest BCUT2D eigenvalue weighted by molar-refractivity contribution is -0.128. The summed E-state index contributed by atoms with van der Waals surface area (Å²) in [4.78, 5) is 24.9. The summed E-state index contributed by atoms with van der Waals surface area (Å²) in [7, 11) is 0. The maximum Gasteiger partial charge on any atom is 0.139 e. The summed E-state index contributed by atoms with van der Waals surface area (Å²) in [6.07, 6.45) is 0.387. The van der Waals surface area contributed by atoms with Crippen molar-refractivity contribution in [3.05, 3.63) is 10.4 Å². The molecule has 0 atom stereocenters. The molecular weight excluding hydrogens is 182 g/mol. The SMILES string of the molecule is CC(C)(C)C(=O)CCC(=O)CN=[N+]=[N-]. The molecule has 0 aromatic rings. The zero-order valence-electron chi connectivity index (χ0n) is 8.78. The Balaban J connectivity index is 3.89. The van der Waals surface area contributed by atoms with Crippen LogP contribution < -0.4 is 0 Å². The fraction of sp³-hybridized carbons (Fsp3) is 0.778. The van der Waals surface area contributed by atoms with Gasteiger partial charge in [0.1, 0.15) is 11.6 Å². The van der Waals surface area contributed by atoms with Gasteiger partial charge >= 0.3 is 0 Å². The Hall–Kier alpha value is -1.35. The van der Waals surface area contributed by atoms with E-state index in [1.165, 1.54) is 0 Å². The lowest BCUT2D eigenvalue weighted by atomic mass is 9.88. The quantitative estimate of drug-likeness (QED) is 0.384. The highest BCUT2D eigenvalue weighted by atomic mass is 16.1. The molecule has 0 aromatic carbocycles. The molecule has 0 heterocycles. The Bertz CT molecular complexity index is 272. The van der Waals surface area contributed by atoms with E-state index in [1.807, 2.05) is 20.8 Å². The molecule has 0 aliphatic heterocycles. The molecule has 0 aromatic heterocycles. The first-order valence-electron chi connectivity index (χ1n) is 4.44. The minimum absolute atomic E-state index is 0.0480. The largest absolute Gasteiger partial charge is 0.300 e. The molecule has 0 spiro atoms. The van der Waals surface area contributed by atoms with Gasteiger partial charge in [-0.15, -0.1) is 0 Å². The Morgan fingerprint density at radius 3 is 2.29 bits per heavy atom. The molecule has 0 N–H and O–H groups in total. The second-order valence-electron chi connectivity index (χ2n) is 4.10. The van der Waals surface area contributed by atoms with E-state index in [0.717, 1.165) is 0 Å². The lowest BCUT2D eigenvalue weighted by Gasteiger charge is -2.15. The molecule has 5 heteroatoms. The van der Waals surface area contributed by atoms with Crippen LogP contribution in [0.4, 0.5) is 0 Å². The highest BCUT2D eigenvalue weighted by molar-refractivity contribution is 5.89. The zero-order chi connectivity index (χ0) is 11.2. The van der Waals surface area contributed by atoms with Gasteiger partial charge < -0.3 is 0 Å². The average molecular weight is 197 g/mol. The van der Waals surface area contributed by atoms with Crippen molar-refractivity contribution >= 4 is 11.6 Å². The summed E-state index contributed by atoms with van der Waals surface area (Å²) in [5.41, 5.74) is 7.56. The summed E-state index contributed by atoms with van der Waals surface area (Å²) in [5.74, 6) is -0.146. The van der Waals surface area contributed by atoms with Crippen molar-refractivity contribution in [3.8, 4) is 0 Å². The van der Waals surface area contributed by atoms with Crippen LogP contribution in [0.25, 0.3) is 10.4 Å². The Morgan fingerprint density at radius 1 is 1.29 bits per heavy atom. The molecule has 0 amide bonds. The highest BCUT2D eigenvalue weighted by Crippen LogP contribution is 2.17. The molecule has 0 aliphatic carbocycles. The first-order valence-corrected chi connectivity index (χ1v) is 4.44. The number of rotatable bonds is 5. The number of hydrogen-bond acceptors (Lipinski definition) is 3. The highest BCUT2D eigenvalue weighted by Gasteiger charge is 2.21. The van der Waals surface area contributed by atoms with E-state index in [9.17, 15) is 9.59 Å². The van der Waals surface area contributed by atoms with E-state index < -0.39 is 5.41 Å². The molecule has 78 valence electrons. The first kappa shape index (κ1) is 12.7. The third kappa shape index (κ3) is 5.32. The third-order valence-corrected chi connectivity index (χ3v) is 1.78. The number of nitrogens with zero attached hydrogens (tertiary/aromatic N) is 3. The van der Waals surface area contributed by atoms with Crippen molar-refractivity contribution in [3.63, 3.8) is 0 Å². The number of carbonyl (C=O) groups is 2. The van der Waals surface area contributed by atoms with Crippen molar-refractivity contribution in [1.29, 1.82) is 0 Å². The summed E-state index contributed by atoms with van der Waals surface area (Å²) in [6.45, 7) is 5.28. The van der Waals surface area contributed by atoms with E-state index >= 15 is 0 Å². The van der Waals surface area contributed by atoms with Gasteiger partial charge in [-0.2, -0.15) is 0 Å². The van der Waals surface area contributed by atoms with Gasteiger partial charge in [0.2, 0.25) is 0 Å². The predicted molar refractivity (Wildman–Crippen MR) is 52.7 cm³/mol. The number of azide groups is 1. The van der Waals surface area contributed by atoms with Crippen LogP contribution in [-0.4, -0.2) is 18.1 Å². The molecule has 14 heavy (non-hydrogen) atoms. The summed E-state index contributed by atoms with van der Waals surface area (Å²) in [6, 6.07) is 0. The van der Waals surface area contributed by atoms with Gasteiger partial charge in [0.25, 0.3) is 0 Å². The normalized spacial score (nSPS) is 10.5. The minimum Gasteiger partial charge on any atom is -0.300 e. The molecule has 5 nitrogen and oxygen atoms in total. The molecule has 0 rings (SSSR count). The van der Waals surface area contributed by atoms with Gasteiger partial charge in [-0.3, -0.25) is 9.59 Å². The number of carbonyl (C=O) groups excluding carboxylic acids is 2. The Kier molecular flexibility index (Phi) is 4.87. The van der Waals surface area contributed by atoms with Crippen LogP contribution in [0.15, 0.2) is 5.11 Å². The van der Waals surface area contributed by atoms with Gasteiger partial charge in [-0.1, -0.05) is 25.9 Å². The Morgan fingerprint density at radius 2 is 1.86 bits per heavy atom. The van der Waals surface area contributed by atoms with E-state index in [2.05, 4.69) is 10.0 Å². The van der Waals surface area contributed by atoms with E-state index in [0.29, 0.717) is 0 Å². The van der Waals surface area contributed by atoms with Gasteiger partial charge in [0.05, 0.1) is 6.54 Å². The van der Waals surface area contributed by atoms with Crippen molar-refractivity contribution in [1.82, 2.24) is 0 Å². The van der Waals surface area contributed by atoms with Crippen molar-refractivity contribution < 1.29 is 9.59 Å². The zero-order valence-corrected chi connectivity index (χ0v) is 8.78. The van der Waals surface area contributed by atoms with Crippen LogP contribution >= 0.6 is 0 Å². The molecule has 0 aliphatic rings. The second-order valence-corrected chi connectivity index (χ2v) is 4.10. The van der Waals surface area contributed by atoms with Gasteiger partial charge in [0, 0.05) is 23.2 Å². The van der Waals surface area contributed by atoms with Crippen LogP contribution in [-0.2, 0) is 9.59 Å². The standard InChI is InChI=1S/C9H15N3O2/c1-9(2,3)8(14)5-4-7(13)6-11-12-10/h4-6H2,1-3H3. The van der Waals surface area contributed by atoms with Crippen molar-refractivity contribution in [2.24, 2.45) is 10.5 Å². The summed E-state index contributed by atoms with van der Waals surface area (Å²) >= 11 is 0. The molecule has 0 bridgehead atoms. The maximum absolute atomic E-state index is 11.4. The van der Waals surface area contributed by atoms with Crippen molar-refractivity contribution in [2.75, 3.05) is 6.54 Å². The fourth-order valence-corrected chi connectivity index (χ4v) is 0.817. The van der Waals surface area contributed by atoms with E-state index in [4.69, 9.17) is 5.53 Å². The van der Waals surface area contributed by atoms with E-state index in [-0.39, 0.29) is 31.0 Å². The van der Waals surface area contributed by atoms with Gasteiger partial charge in [-0.25, -0.2) is 0 Å². The van der Waals surface area contributed by atoms with Crippen LogP contribution in [0.2, 0.25) is 0 Å². The van der Waals surface area contributed by atoms with Crippen LogP contribution in [0, 0.1) is 5.41 Å². The monoisotopic (exact) mass is 197 g/mol. The number of hydrogen-bond donors (Lipinski definition) is 0. The maximum atomic E-state index is 11.4. The van der Waals surface area contributed by atoms with Gasteiger partial charge in [0.15, 0.2) is 0 Å².